The van der Waals surface area contributed by atoms with Crippen molar-refractivity contribution in [3.63, 3.8) is 0 Å². The van der Waals surface area contributed by atoms with Crippen molar-refractivity contribution >= 4 is 5.97 Å². The molecule has 0 unspecified atom stereocenters. The smallest absolute Gasteiger partial charge is 0.319 e. The zero-order valence-electron chi connectivity index (χ0n) is 11.4. The van der Waals surface area contributed by atoms with Crippen LogP contribution in [-0.4, -0.2) is 24.3 Å². The molecule has 0 spiro atoms. The third-order valence-electron chi connectivity index (χ3n) is 2.90. The van der Waals surface area contributed by atoms with E-state index in [0.717, 1.165) is 12.8 Å². The largest absolute Gasteiger partial charge is 0.459 e. The van der Waals surface area contributed by atoms with Crippen molar-refractivity contribution in [1.82, 2.24) is 0 Å². The van der Waals surface area contributed by atoms with E-state index in [0.29, 0.717) is 13.0 Å². The van der Waals surface area contributed by atoms with Crippen molar-refractivity contribution in [1.29, 1.82) is 0 Å². The van der Waals surface area contributed by atoms with E-state index >= 15 is 0 Å². The van der Waals surface area contributed by atoms with E-state index in [1.54, 1.807) is 6.08 Å². The monoisotopic (exact) mass is 240 g/mol. The third-order valence-corrected chi connectivity index (χ3v) is 2.90. The summed E-state index contributed by atoms with van der Waals surface area (Å²) >= 11 is 0. The Morgan fingerprint density at radius 3 is 2.65 bits per heavy atom. The highest BCUT2D eigenvalue weighted by molar-refractivity contribution is 5.84. The molecule has 0 amide bonds. The van der Waals surface area contributed by atoms with Gasteiger partial charge in [0.15, 0.2) is 0 Å². The summed E-state index contributed by atoms with van der Waals surface area (Å²) in [5, 5.41) is 0. The van der Waals surface area contributed by atoms with E-state index in [1.807, 2.05) is 20.8 Å². The predicted molar refractivity (Wildman–Crippen MR) is 67.7 cm³/mol. The zero-order chi connectivity index (χ0) is 13.1. The summed E-state index contributed by atoms with van der Waals surface area (Å²) in [6, 6.07) is 0. The van der Waals surface area contributed by atoms with Gasteiger partial charge >= 0.3 is 5.97 Å². The van der Waals surface area contributed by atoms with Crippen molar-refractivity contribution in [2.24, 2.45) is 5.41 Å². The van der Waals surface area contributed by atoms with Gasteiger partial charge < -0.3 is 9.47 Å². The molecule has 1 aliphatic carbocycles. The molecule has 98 valence electrons. The van der Waals surface area contributed by atoms with Gasteiger partial charge in [-0.15, -0.1) is 6.58 Å². The third kappa shape index (κ3) is 3.56. The van der Waals surface area contributed by atoms with Crippen molar-refractivity contribution in [3.8, 4) is 0 Å². The molecule has 0 aromatic carbocycles. The Morgan fingerprint density at radius 1 is 1.53 bits per heavy atom. The second-order valence-corrected chi connectivity index (χ2v) is 5.66. The SMILES string of the molecule is C=C[C@]1(C(=O)OC(C)(C)C)C[C@@H]1OCCCC. The first-order valence-corrected chi connectivity index (χ1v) is 6.34. The fourth-order valence-corrected chi connectivity index (χ4v) is 1.71. The van der Waals surface area contributed by atoms with E-state index in [9.17, 15) is 4.79 Å². The number of rotatable bonds is 6. The number of ether oxygens (including phenoxy) is 2. The Balaban J connectivity index is 2.50. The molecule has 1 aliphatic rings. The lowest BCUT2D eigenvalue weighted by Gasteiger charge is -2.22. The van der Waals surface area contributed by atoms with E-state index in [4.69, 9.17) is 9.47 Å². The maximum atomic E-state index is 12.0. The fourth-order valence-electron chi connectivity index (χ4n) is 1.71. The van der Waals surface area contributed by atoms with Crippen molar-refractivity contribution in [2.75, 3.05) is 6.61 Å². The van der Waals surface area contributed by atoms with Crippen molar-refractivity contribution in [3.05, 3.63) is 12.7 Å². The van der Waals surface area contributed by atoms with Gasteiger partial charge in [0.25, 0.3) is 0 Å². The summed E-state index contributed by atoms with van der Waals surface area (Å²) in [5.74, 6) is -0.207. The van der Waals surface area contributed by atoms with Gasteiger partial charge in [0, 0.05) is 6.61 Å². The van der Waals surface area contributed by atoms with Crippen LogP contribution in [0.2, 0.25) is 0 Å². The van der Waals surface area contributed by atoms with E-state index in [1.165, 1.54) is 0 Å². The first-order valence-electron chi connectivity index (χ1n) is 6.34. The minimum atomic E-state index is -0.596. The lowest BCUT2D eigenvalue weighted by atomic mass is 10.1. The lowest BCUT2D eigenvalue weighted by Crippen LogP contribution is -2.31. The highest BCUT2D eigenvalue weighted by atomic mass is 16.6. The molecule has 0 aromatic heterocycles. The number of esters is 1. The minimum absolute atomic E-state index is 0.0404. The van der Waals surface area contributed by atoms with Crippen LogP contribution in [0.15, 0.2) is 12.7 Å². The molecule has 0 heterocycles. The Kier molecular flexibility index (Phi) is 4.36. The Bertz CT molecular complexity index is 290. The molecule has 17 heavy (non-hydrogen) atoms. The first kappa shape index (κ1) is 14.2. The van der Waals surface area contributed by atoms with Crippen molar-refractivity contribution < 1.29 is 14.3 Å². The highest BCUT2D eigenvalue weighted by Gasteiger charge is 2.61. The topological polar surface area (TPSA) is 35.5 Å². The standard InChI is InChI=1S/C14H24O3/c1-6-8-9-16-11-10-14(11,7-2)12(15)17-13(3,4)5/h7,11H,2,6,8-10H2,1,3-5H3/t11-,14-/m0/s1. The maximum Gasteiger partial charge on any atom is 0.319 e. The first-order chi connectivity index (χ1) is 7.85. The van der Waals surface area contributed by atoms with Gasteiger partial charge in [0.1, 0.15) is 11.0 Å². The summed E-state index contributed by atoms with van der Waals surface area (Å²) in [4.78, 5) is 12.0. The second-order valence-electron chi connectivity index (χ2n) is 5.66. The van der Waals surface area contributed by atoms with E-state index in [2.05, 4.69) is 13.5 Å². The van der Waals surface area contributed by atoms with Crippen LogP contribution in [0.3, 0.4) is 0 Å². The van der Waals surface area contributed by atoms with E-state index < -0.39 is 11.0 Å². The van der Waals surface area contributed by atoms with Crippen LogP contribution in [0.25, 0.3) is 0 Å². The normalized spacial score (nSPS) is 27.6. The maximum absolute atomic E-state index is 12.0. The van der Waals surface area contributed by atoms with Gasteiger partial charge in [-0.05, 0) is 33.6 Å². The molecular weight excluding hydrogens is 216 g/mol. The Hall–Kier alpha value is -0.830. The molecule has 0 bridgehead atoms. The molecular formula is C14H24O3. The van der Waals surface area contributed by atoms with Crippen LogP contribution in [0, 0.1) is 5.41 Å². The number of hydrogen-bond donors (Lipinski definition) is 0. The Labute approximate surface area is 104 Å². The van der Waals surface area contributed by atoms with E-state index in [-0.39, 0.29) is 12.1 Å². The van der Waals surface area contributed by atoms with Crippen LogP contribution >= 0.6 is 0 Å². The number of hydrogen-bond acceptors (Lipinski definition) is 3. The summed E-state index contributed by atoms with van der Waals surface area (Å²) < 4.78 is 11.1. The van der Waals surface area contributed by atoms with Crippen LogP contribution in [0.1, 0.15) is 47.0 Å². The van der Waals surface area contributed by atoms with Crippen LogP contribution in [0.4, 0.5) is 0 Å². The molecule has 1 rings (SSSR count). The van der Waals surface area contributed by atoms with Gasteiger partial charge in [-0.2, -0.15) is 0 Å². The molecule has 0 saturated heterocycles. The molecule has 3 nitrogen and oxygen atoms in total. The quantitative estimate of drug-likeness (QED) is 0.406. The van der Waals surface area contributed by atoms with Crippen LogP contribution < -0.4 is 0 Å². The van der Waals surface area contributed by atoms with Gasteiger partial charge in [-0.25, -0.2) is 0 Å². The Morgan fingerprint density at radius 2 is 2.18 bits per heavy atom. The average Bonchev–Trinajstić information content (AvgIpc) is 2.91. The average molecular weight is 240 g/mol. The van der Waals surface area contributed by atoms with Crippen LogP contribution in [0.5, 0.6) is 0 Å². The van der Waals surface area contributed by atoms with Gasteiger partial charge in [-0.3, -0.25) is 4.79 Å². The van der Waals surface area contributed by atoms with Gasteiger partial charge in [0.2, 0.25) is 0 Å². The molecule has 2 atom stereocenters. The molecule has 1 fully saturated rings. The zero-order valence-corrected chi connectivity index (χ0v) is 11.4. The molecule has 0 N–H and O–H groups in total. The molecule has 1 saturated carbocycles. The molecule has 0 aromatic rings. The minimum Gasteiger partial charge on any atom is -0.459 e. The summed E-state index contributed by atoms with van der Waals surface area (Å²) in [7, 11) is 0. The summed E-state index contributed by atoms with van der Waals surface area (Å²) in [6.07, 6.45) is 4.46. The molecule has 3 heteroatoms. The lowest BCUT2D eigenvalue weighted by molar-refractivity contribution is -0.161. The number of carbonyl (C=O) groups is 1. The van der Waals surface area contributed by atoms with Gasteiger partial charge in [0.05, 0.1) is 6.10 Å². The highest BCUT2D eigenvalue weighted by Crippen LogP contribution is 2.51. The van der Waals surface area contributed by atoms with Crippen LogP contribution in [-0.2, 0) is 14.3 Å². The fraction of sp³-hybridized carbons (Fsp3) is 0.786. The molecule has 0 radical (unpaired) electrons. The summed E-state index contributed by atoms with van der Waals surface area (Å²) in [5.41, 5.74) is -1.05. The van der Waals surface area contributed by atoms with Gasteiger partial charge in [-0.1, -0.05) is 19.4 Å². The molecule has 0 aliphatic heterocycles. The predicted octanol–water partition coefficient (Wildman–Crippen LogP) is 3.09. The van der Waals surface area contributed by atoms with Crippen molar-refractivity contribution in [2.45, 2.75) is 58.7 Å². The number of unbranched alkanes of at least 4 members (excludes halogenated alkanes) is 1. The second kappa shape index (κ2) is 5.21. The summed E-state index contributed by atoms with van der Waals surface area (Å²) in [6.45, 7) is 12.2. The number of carbonyl (C=O) groups excluding carboxylic acids is 1.